The molecule has 0 saturated heterocycles. The summed E-state index contributed by atoms with van der Waals surface area (Å²) in [6.45, 7) is 6.33. The van der Waals surface area contributed by atoms with Gasteiger partial charge in [0.25, 0.3) is 0 Å². The normalized spacial score (nSPS) is 14.6. The monoisotopic (exact) mass is 454 g/mol. The predicted molar refractivity (Wildman–Crippen MR) is 123 cm³/mol. The molecule has 1 N–H and O–H groups in total. The highest BCUT2D eigenvalue weighted by atomic mass is 32.2. The van der Waals surface area contributed by atoms with Gasteiger partial charge < -0.3 is 19.5 Å². The third-order valence-electron chi connectivity index (χ3n) is 5.03. The number of benzene rings is 2. The number of amides is 1. The van der Waals surface area contributed by atoms with Crippen LogP contribution in [0.2, 0.25) is 0 Å². The summed E-state index contributed by atoms with van der Waals surface area (Å²) >= 11 is 1.32. The van der Waals surface area contributed by atoms with Crippen LogP contribution in [0.25, 0.3) is 5.69 Å². The summed E-state index contributed by atoms with van der Waals surface area (Å²) in [5, 5.41) is 12.0. The molecule has 8 nitrogen and oxygen atoms in total. The number of aryl methyl sites for hydroxylation is 1. The second kappa shape index (κ2) is 9.52. The largest absolute Gasteiger partial charge is 0.497 e. The summed E-state index contributed by atoms with van der Waals surface area (Å²) in [6.07, 6.45) is 0.952. The van der Waals surface area contributed by atoms with E-state index in [1.54, 1.807) is 7.11 Å². The Balaban J connectivity index is 1.47. The Bertz CT molecular complexity index is 1110. The molecule has 32 heavy (non-hydrogen) atoms. The molecule has 4 rings (SSSR count). The summed E-state index contributed by atoms with van der Waals surface area (Å²) in [5.74, 6) is 2.96. The Labute approximate surface area is 191 Å². The number of aromatic nitrogens is 3. The van der Waals surface area contributed by atoms with Crippen LogP contribution in [-0.4, -0.2) is 46.2 Å². The fraction of sp³-hybridized carbons (Fsp3) is 0.348. The summed E-state index contributed by atoms with van der Waals surface area (Å²) < 4.78 is 18.7. The minimum absolute atomic E-state index is 0.119. The molecule has 9 heteroatoms. The first-order chi connectivity index (χ1) is 15.5. The number of anilines is 1. The number of methoxy groups -OCH3 is 1. The first-order valence-electron chi connectivity index (χ1n) is 10.4. The van der Waals surface area contributed by atoms with Crippen LogP contribution >= 0.6 is 11.8 Å². The standard InChI is InChI=1S/C23H26N4O4S/c1-5-30-21-11-16-10-14(2)31-20(16)12-19(21)24-22(28)13-32-23-26-25-15(3)27(23)17-6-8-18(29-4)9-7-17/h6-9,11-12,14H,5,10,13H2,1-4H3,(H,24,28). The van der Waals surface area contributed by atoms with Crippen LogP contribution in [0.4, 0.5) is 5.69 Å². The number of rotatable bonds is 8. The number of hydrogen-bond donors (Lipinski definition) is 1. The van der Waals surface area contributed by atoms with Crippen LogP contribution in [0.3, 0.4) is 0 Å². The molecule has 1 aliphatic rings. The molecule has 0 radical (unpaired) electrons. The highest BCUT2D eigenvalue weighted by Crippen LogP contribution is 2.38. The van der Waals surface area contributed by atoms with Gasteiger partial charge >= 0.3 is 0 Å². The van der Waals surface area contributed by atoms with E-state index in [0.717, 1.165) is 35.0 Å². The topological polar surface area (TPSA) is 87.5 Å². The van der Waals surface area contributed by atoms with E-state index < -0.39 is 0 Å². The third kappa shape index (κ3) is 4.67. The number of thioether (sulfide) groups is 1. The quantitative estimate of drug-likeness (QED) is 0.514. The molecule has 2 aromatic carbocycles. The number of ether oxygens (including phenoxy) is 3. The lowest BCUT2D eigenvalue weighted by Crippen LogP contribution is -2.15. The molecule has 2 heterocycles. The molecule has 1 aliphatic heterocycles. The molecule has 168 valence electrons. The molecule has 0 fully saturated rings. The highest BCUT2D eigenvalue weighted by molar-refractivity contribution is 7.99. The van der Waals surface area contributed by atoms with Crippen molar-refractivity contribution in [3.63, 3.8) is 0 Å². The summed E-state index contributed by atoms with van der Waals surface area (Å²) in [6, 6.07) is 11.4. The molecule has 1 unspecified atom stereocenters. The van der Waals surface area contributed by atoms with E-state index in [-0.39, 0.29) is 17.8 Å². The van der Waals surface area contributed by atoms with E-state index in [1.807, 2.05) is 61.7 Å². The summed E-state index contributed by atoms with van der Waals surface area (Å²) in [5.41, 5.74) is 2.61. The molecule has 0 bridgehead atoms. The van der Waals surface area contributed by atoms with Crippen molar-refractivity contribution < 1.29 is 19.0 Å². The maximum atomic E-state index is 12.7. The van der Waals surface area contributed by atoms with Gasteiger partial charge in [-0.1, -0.05) is 11.8 Å². The van der Waals surface area contributed by atoms with Crippen LogP contribution in [0.5, 0.6) is 17.2 Å². The van der Waals surface area contributed by atoms with E-state index in [0.29, 0.717) is 23.2 Å². The molecule has 1 aromatic heterocycles. The molecule has 1 amide bonds. The van der Waals surface area contributed by atoms with Crippen LogP contribution in [-0.2, 0) is 11.2 Å². The van der Waals surface area contributed by atoms with Crippen molar-refractivity contribution in [3.05, 3.63) is 47.8 Å². The highest BCUT2D eigenvalue weighted by Gasteiger charge is 2.23. The fourth-order valence-electron chi connectivity index (χ4n) is 3.59. The number of nitrogens with zero attached hydrogens (tertiary/aromatic N) is 3. The minimum atomic E-state index is -0.163. The Morgan fingerprint density at radius 3 is 2.78 bits per heavy atom. The van der Waals surface area contributed by atoms with Gasteiger partial charge in [0.2, 0.25) is 5.91 Å². The maximum absolute atomic E-state index is 12.7. The summed E-state index contributed by atoms with van der Waals surface area (Å²) in [4.78, 5) is 12.7. The van der Waals surface area contributed by atoms with E-state index in [4.69, 9.17) is 14.2 Å². The van der Waals surface area contributed by atoms with Gasteiger partial charge in [-0.25, -0.2) is 0 Å². The van der Waals surface area contributed by atoms with Gasteiger partial charge in [0.15, 0.2) is 5.16 Å². The lowest BCUT2D eigenvalue weighted by molar-refractivity contribution is -0.113. The number of nitrogens with one attached hydrogen (secondary N) is 1. The predicted octanol–water partition coefficient (Wildman–Crippen LogP) is 4.04. The van der Waals surface area contributed by atoms with Crippen LogP contribution in [0.1, 0.15) is 25.2 Å². The van der Waals surface area contributed by atoms with Crippen molar-refractivity contribution in [1.29, 1.82) is 0 Å². The fourth-order valence-corrected chi connectivity index (χ4v) is 4.39. The van der Waals surface area contributed by atoms with Gasteiger partial charge in [-0.3, -0.25) is 9.36 Å². The van der Waals surface area contributed by atoms with Gasteiger partial charge in [-0.2, -0.15) is 0 Å². The maximum Gasteiger partial charge on any atom is 0.234 e. The molecular weight excluding hydrogens is 428 g/mol. The van der Waals surface area contributed by atoms with Crippen molar-refractivity contribution >= 4 is 23.4 Å². The molecule has 0 aliphatic carbocycles. The average molecular weight is 455 g/mol. The van der Waals surface area contributed by atoms with Gasteiger partial charge in [-0.05, 0) is 51.1 Å². The minimum Gasteiger partial charge on any atom is -0.497 e. The first kappa shape index (κ1) is 22.0. The van der Waals surface area contributed by atoms with E-state index >= 15 is 0 Å². The zero-order valence-electron chi connectivity index (χ0n) is 18.5. The van der Waals surface area contributed by atoms with E-state index in [9.17, 15) is 4.79 Å². The van der Waals surface area contributed by atoms with Gasteiger partial charge in [0, 0.05) is 23.7 Å². The van der Waals surface area contributed by atoms with Crippen molar-refractivity contribution in [2.45, 2.75) is 38.5 Å². The molecule has 0 saturated carbocycles. The third-order valence-corrected chi connectivity index (χ3v) is 5.96. The number of carbonyl (C=O) groups is 1. The van der Waals surface area contributed by atoms with Crippen molar-refractivity contribution in [3.8, 4) is 22.9 Å². The number of carbonyl (C=O) groups excluding carboxylic acids is 1. The molecular formula is C23H26N4O4S. The lowest BCUT2D eigenvalue weighted by Gasteiger charge is -2.14. The second-order valence-corrected chi connectivity index (χ2v) is 8.36. The molecule has 0 spiro atoms. The van der Waals surface area contributed by atoms with Gasteiger partial charge in [-0.15, -0.1) is 10.2 Å². The summed E-state index contributed by atoms with van der Waals surface area (Å²) in [7, 11) is 1.63. The van der Waals surface area contributed by atoms with E-state index in [2.05, 4.69) is 15.5 Å². The molecule has 3 aromatic rings. The van der Waals surface area contributed by atoms with Gasteiger partial charge in [0.05, 0.1) is 25.2 Å². The zero-order valence-corrected chi connectivity index (χ0v) is 19.4. The molecule has 1 atom stereocenters. The van der Waals surface area contributed by atoms with Crippen LogP contribution in [0.15, 0.2) is 41.6 Å². The van der Waals surface area contributed by atoms with Crippen LogP contribution in [0, 0.1) is 6.92 Å². The Morgan fingerprint density at radius 1 is 1.28 bits per heavy atom. The Hall–Kier alpha value is -3.20. The Kier molecular flexibility index (Phi) is 6.55. The van der Waals surface area contributed by atoms with Crippen molar-refractivity contribution in [2.24, 2.45) is 0 Å². The first-order valence-corrected chi connectivity index (χ1v) is 11.4. The smallest absolute Gasteiger partial charge is 0.234 e. The Morgan fingerprint density at radius 2 is 2.06 bits per heavy atom. The van der Waals surface area contributed by atoms with Crippen molar-refractivity contribution in [2.75, 3.05) is 24.8 Å². The number of fused-ring (bicyclic) bond motifs is 1. The van der Waals surface area contributed by atoms with Crippen LogP contribution < -0.4 is 19.5 Å². The average Bonchev–Trinajstić information content (AvgIpc) is 3.33. The SMILES string of the molecule is CCOc1cc2c(cc1NC(=O)CSc1nnc(C)n1-c1ccc(OC)cc1)OC(C)C2. The van der Waals surface area contributed by atoms with Gasteiger partial charge in [0.1, 0.15) is 29.2 Å². The lowest BCUT2D eigenvalue weighted by atomic mass is 10.1. The van der Waals surface area contributed by atoms with E-state index in [1.165, 1.54) is 11.8 Å². The van der Waals surface area contributed by atoms with Crippen molar-refractivity contribution in [1.82, 2.24) is 14.8 Å². The second-order valence-electron chi connectivity index (χ2n) is 7.42. The zero-order chi connectivity index (χ0) is 22.7. The number of hydrogen-bond acceptors (Lipinski definition) is 7.